The zero-order valence-corrected chi connectivity index (χ0v) is 9.28. The Morgan fingerprint density at radius 2 is 2.00 bits per heavy atom. The van der Waals surface area contributed by atoms with Gasteiger partial charge in [0, 0.05) is 25.3 Å². The molecular formula is C12H17N3O. The van der Waals surface area contributed by atoms with Crippen molar-refractivity contribution in [3.05, 3.63) is 30.3 Å². The molecule has 1 fully saturated rings. The molecule has 0 aliphatic carbocycles. The highest BCUT2D eigenvalue weighted by Crippen LogP contribution is 2.07. The number of rotatable bonds is 1. The van der Waals surface area contributed by atoms with Crippen molar-refractivity contribution in [2.45, 2.75) is 6.42 Å². The van der Waals surface area contributed by atoms with Crippen molar-refractivity contribution in [3.8, 4) is 0 Å². The molecule has 1 saturated heterocycles. The molecule has 0 atom stereocenters. The zero-order valence-electron chi connectivity index (χ0n) is 9.28. The molecule has 2 rings (SSSR count). The van der Waals surface area contributed by atoms with Crippen LogP contribution in [0.5, 0.6) is 0 Å². The second-order valence-electron chi connectivity index (χ2n) is 3.89. The quantitative estimate of drug-likeness (QED) is 0.752. The Labute approximate surface area is 95.6 Å². The van der Waals surface area contributed by atoms with Gasteiger partial charge in [0.1, 0.15) is 0 Å². The predicted octanol–water partition coefficient (Wildman–Crippen LogP) is 1.51. The van der Waals surface area contributed by atoms with Gasteiger partial charge in [-0.1, -0.05) is 18.2 Å². The number of nitrogens with zero attached hydrogens (tertiary/aromatic N) is 1. The standard InChI is InChI=1S/C12H17N3O/c16-12(14-11-5-2-1-3-6-11)15-9-4-7-13-8-10-15/h1-3,5-6,13H,4,7-10H2,(H,14,16). The minimum absolute atomic E-state index is 0.00472. The van der Waals surface area contributed by atoms with Gasteiger partial charge in [-0.2, -0.15) is 0 Å². The summed E-state index contributed by atoms with van der Waals surface area (Å²) in [6, 6.07) is 9.56. The van der Waals surface area contributed by atoms with E-state index in [1.807, 2.05) is 35.2 Å². The highest BCUT2D eigenvalue weighted by molar-refractivity contribution is 5.89. The molecule has 4 heteroatoms. The van der Waals surface area contributed by atoms with Crippen LogP contribution in [0.3, 0.4) is 0 Å². The predicted molar refractivity (Wildman–Crippen MR) is 64.5 cm³/mol. The summed E-state index contributed by atoms with van der Waals surface area (Å²) in [4.78, 5) is 13.8. The van der Waals surface area contributed by atoms with Crippen molar-refractivity contribution < 1.29 is 4.79 Å². The summed E-state index contributed by atoms with van der Waals surface area (Å²) in [6.45, 7) is 3.47. The Morgan fingerprint density at radius 1 is 1.19 bits per heavy atom. The van der Waals surface area contributed by atoms with Gasteiger partial charge in [0.05, 0.1) is 0 Å². The van der Waals surface area contributed by atoms with Crippen LogP contribution in [0.1, 0.15) is 6.42 Å². The number of carbonyl (C=O) groups excluding carboxylic acids is 1. The first-order valence-corrected chi connectivity index (χ1v) is 5.68. The van der Waals surface area contributed by atoms with Gasteiger partial charge in [-0.15, -0.1) is 0 Å². The number of benzene rings is 1. The minimum Gasteiger partial charge on any atom is -0.323 e. The van der Waals surface area contributed by atoms with Crippen molar-refractivity contribution in [3.63, 3.8) is 0 Å². The topological polar surface area (TPSA) is 44.4 Å². The fraction of sp³-hybridized carbons (Fsp3) is 0.417. The van der Waals surface area contributed by atoms with E-state index in [9.17, 15) is 4.79 Å². The molecule has 1 aliphatic heterocycles. The Bertz CT molecular complexity index is 331. The Hall–Kier alpha value is -1.55. The second-order valence-corrected chi connectivity index (χ2v) is 3.89. The smallest absolute Gasteiger partial charge is 0.321 e. The highest BCUT2D eigenvalue weighted by Gasteiger charge is 2.14. The molecule has 0 bridgehead atoms. The van der Waals surface area contributed by atoms with E-state index in [0.29, 0.717) is 0 Å². The molecule has 0 spiro atoms. The molecule has 2 amide bonds. The van der Waals surface area contributed by atoms with Crippen LogP contribution in [0.25, 0.3) is 0 Å². The van der Waals surface area contributed by atoms with Crippen LogP contribution in [-0.2, 0) is 0 Å². The molecule has 1 heterocycles. The third kappa shape index (κ3) is 2.97. The van der Waals surface area contributed by atoms with Crippen LogP contribution in [0.15, 0.2) is 30.3 Å². The number of para-hydroxylation sites is 1. The first-order valence-electron chi connectivity index (χ1n) is 5.68. The lowest BCUT2D eigenvalue weighted by Crippen LogP contribution is -2.37. The average molecular weight is 219 g/mol. The third-order valence-electron chi connectivity index (χ3n) is 2.65. The number of nitrogens with one attached hydrogen (secondary N) is 2. The molecule has 4 nitrogen and oxygen atoms in total. The molecule has 0 unspecified atom stereocenters. The van der Waals surface area contributed by atoms with E-state index >= 15 is 0 Å². The summed E-state index contributed by atoms with van der Waals surface area (Å²) in [5.41, 5.74) is 0.852. The van der Waals surface area contributed by atoms with E-state index in [2.05, 4.69) is 10.6 Å². The first kappa shape index (κ1) is 11.0. The van der Waals surface area contributed by atoms with E-state index in [0.717, 1.165) is 38.3 Å². The maximum atomic E-state index is 11.9. The van der Waals surface area contributed by atoms with Gasteiger partial charge in [-0.05, 0) is 25.1 Å². The van der Waals surface area contributed by atoms with Gasteiger partial charge in [-0.3, -0.25) is 0 Å². The molecular weight excluding hydrogens is 202 g/mol. The Balaban J connectivity index is 1.92. The van der Waals surface area contributed by atoms with Gasteiger partial charge in [-0.25, -0.2) is 4.79 Å². The number of amides is 2. The molecule has 1 aromatic carbocycles. The molecule has 86 valence electrons. The lowest BCUT2D eigenvalue weighted by atomic mass is 10.3. The van der Waals surface area contributed by atoms with Crippen LogP contribution >= 0.6 is 0 Å². The minimum atomic E-state index is -0.00472. The normalized spacial score (nSPS) is 16.6. The molecule has 1 aromatic rings. The molecule has 1 aliphatic rings. The van der Waals surface area contributed by atoms with Gasteiger partial charge >= 0.3 is 6.03 Å². The van der Waals surface area contributed by atoms with Crippen molar-refractivity contribution in [1.29, 1.82) is 0 Å². The number of anilines is 1. The monoisotopic (exact) mass is 219 g/mol. The Morgan fingerprint density at radius 3 is 2.81 bits per heavy atom. The van der Waals surface area contributed by atoms with Crippen molar-refractivity contribution in [2.75, 3.05) is 31.5 Å². The summed E-state index contributed by atoms with van der Waals surface area (Å²) < 4.78 is 0. The lowest BCUT2D eigenvalue weighted by Gasteiger charge is -2.20. The summed E-state index contributed by atoms with van der Waals surface area (Å²) in [5, 5.41) is 6.17. The number of hydrogen-bond donors (Lipinski definition) is 2. The van der Waals surface area contributed by atoms with E-state index in [1.165, 1.54) is 0 Å². The van der Waals surface area contributed by atoms with Gasteiger partial charge in [0.15, 0.2) is 0 Å². The van der Waals surface area contributed by atoms with E-state index in [1.54, 1.807) is 0 Å². The Kier molecular flexibility index (Phi) is 3.77. The van der Waals surface area contributed by atoms with E-state index in [-0.39, 0.29) is 6.03 Å². The van der Waals surface area contributed by atoms with Gasteiger partial charge in [0.2, 0.25) is 0 Å². The SMILES string of the molecule is O=C(Nc1ccccc1)N1CCCNCC1. The number of hydrogen-bond acceptors (Lipinski definition) is 2. The first-order chi connectivity index (χ1) is 7.86. The van der Waals surface area contributed by atoms with E-state index in [4.69, 9.17) is 0 Å². The van der Waals surface area contributed by atoms with Crippen LogP contribution in [0.2, 0.25) is 0 Å². The van der Waals surface area contributed by atoms with Crippen LogP contribution < -0.4 is 10.6 Å². The molecule has 2 N–H and O–H groups in total. The van der Waals surface area contributed by atoms with Crippen LogP contribution in [-0.4, -0.2) is 37.1 Å². The fourth-order valence-corrected chi connectivity index (χ4v) is 1.77. The second kappa shape index (κ2) is 5.51. The number of carbonyl (C=O) groups is 1. The van der Waals surface area contributed by atoms with Crippen molar-refractivity contribution >= 4 is 11.7 Å². The highest BCUT2D eigenvalue weighted by atomic mass is 16.2. The van der Waals surface area contributed by atoms with Crippen molar-refractivity contribution in [1.82, 2.24) is 10.2 Å². The zero-order chi connectivity index (χ0) is 11.2. The summed E-state index contributed by atoms with van der Waals surface area (Å²) >= 11 is 0. The van der Waals surface area contributed by atoms with Gasteiger partial charge < -0.3 is 15.5 Å². The van der Waals surface area contributed by atoms with E-state index < -0.39 is 0 Å². The maximum absolute atomic E-state index is 11.9. The summed E-state index contributed by atoms with van der Waals surface area (Å²) in [5.74, 6) is 0. The fourth-order valence-electron chi connectivity index (χ4n) is 1.77. The van der Waals surface area contributed by atoms with Crippen LogP contribution in [0, 0.1) is 0 Å². The van der Waals surface area contributed by atoms with Gasteiger partial charge in [0.25, 0.3) is 0 Å². The lowest BCUT2D eigenvalue weighted by molar-refractivity contribution is 0.215. The molecule has 16 heavy (non-hydrogen) atoms. The van der Waals surface area contributed by atoms with Crippen LogP contribution in [0.4, 0.5) is 10.5 Å². The molecule has 0 radical (unpaired) electrons. The third-order valence-corrected chi connectivity index (χ3v) is 2.65. The van der Waals surface area contributed by atoms with Crippen molar-refractivity contribution in [2.24, 2.45) is 0 Å². The largest absolute Gasteiger partial charge is 0.323 e. The molecule has 0 aromatic heterocycles. The number of urea groups is 1. The average Bonchev–Trinajstić information content (AvgIpc) is 2.59. The summed E-state index contributed by atoms with van der Waals surface area (Å²) in [7, 11) is 0. The summed E-state index contributed by atoms with van der Waals surface area (Å²) in [6.07, 6.45) is 1.02. The molecule has 0 saturated carbocycles. The maximum Gasteiger partial charge on any atom is 0.321 e.